The number of nitrogens with zero attached hydrogens (tertiary/aromatic N) is 5. The number of methoxy groups -OCH3 is 1. The summed E-state index contributed by atoms with van der Waals surface area (Å²) in [6, 6.07) is 1.56. The number of alkyl halides is 2. The molecule has 0 spiro atoms. The van der Waals surface area contributed by atoms with Gasteiger partial charge in [0.2, 0.25) is 10.0 Å². The Hall–Kier alpha value is -2.30. The summed E-state index contributed by atoms with van der Waals surface area (Å²) in [7, 11) is -2.38. The Morgan fingerprint density at radius 2 is 2.14 bits per heavy atom. The molecule has 37 heavy (non-hydrogen) atoms. The number of aromatic nitrogens is 4. The fraction of sp³-hybridized carbons (Fsp3) is 0.591. The van der Waals surface area contributed by atoms with E-state index in [0.29, 0.717) is 36.8 Å². The van der Waals surface area contributed by atoms with Gasteiger partial charge in [-0.2, -0.15) is 0 Å². The molecule has 5 heterocycles. The molecule has 2 aliphatic rings. The molecule has 2 aliphatic heterocycles. The summed E-state index contributed by atoms with van der Waals surface area (Å²) in [4.78, 5) is 6.64. The molecular formula is C22H28F2N6O5S2. The minimum Gasteiger partial charge on any atom is -0.382 e. The Morgan fingerprint density at radius 1 is 1.35 bits per heavy atom. The van der Waals surface area contributed by atoms with Gasteiger partial charge in [-0.3, -0.25) is 4.40 Å². The smallest absolute Gasteiger partial charge is 0.291 e. The number of sulfonamides is 1. The second-order valence-corrected chi connectivity index (χ2v) is 12.1. The van der Waals surface area contributed by atoms with E-state index in [1.54, 1.807) is 24.5 Å². The lowest BCUT2D eigenvalue weighted by atomic mass is 10.0. The summed E-state index contributed by atoms with van der Waals surface area (Å²) < 4.78 is 74.2. The number of fused-ring (bicyclic) bond motifs is 1. The maximum atomic E-state index is 13.5. The van der Waals surface area contributed by atoms with Crippen molar-refractivity contribution in [1.29, 1.82) is 0 Å². The first-order valence-corrected chi connectivity index (χ1v) is 14.1. The van der Waals surface area contributed by atoms with Gasteiger partial charge in [-0.25, -0.2) is 26.9 Å². The third-order valence-corrected chi connectivity index (χ3v) is 9.00. The minimum atomic E-state index is -3.98. The molecule has 15 heteroatoms. The van der Waals surface area contributed by atoms with Crippen molar-refractivity contribution in [2.24, 2.45) is 0 Å². The standard InChI is InChI=1S/C22H28F2N6O5S2/c1-4-13-9-35-14(10-33-3)7-29(13)16-5-15(37(31,32)28-22(2)11-34-12-22)8-30-17(6-25-19(16)30)20-26-27-21(36-20)18(23)24/h5-6,8,13-14,18,28H,4,7,9-12H2,1-3H3/t13-,14+/m1/s1. The average Bonchev–Trinajstić information content (AvgIpc) is 3.50. The molecule has 0 saturated carbocycles. The topological polar surface area (TPSA) is 120 Å². The number of ether oxygens (including phenoxy) is 3. The Kier molecular flexibility index (Phi) is 7.19. The van der Waals surface area contributed by atoms with Crippen LogP contribution in [0.5, 0.6) is 0 Å². The summed E-state index contributed by atoms with van der Waals surface area (Å²) in [5.41, 5.74) is 0.702. The summed E-state index contributed by atoms with van der Waals surface area (Å²) in [6.45, 7) is 5.59. The van der Waals surface area contributed by atoms with Crippen molar-refractivity contribution in [2.75, 3.05) is 45.0 Å². The lowest BCUT2D eigenvalue weighted by molar-refractivity contribution is -0.0523. The highest BCUT2D eigenvalue weighted by molar-refractivity contribution is 7.89. The van der Waals surface area contributed by atoms with Crippen LogP contribution in [0, 0.1) is 0 Å². The third kappa shape index (κ3) is 5.07. The quantitative estimate of drug-likeness (QED) is 0.422. The number of anilines is 1. The van der Waals surface area contributed by atoms with E-state index in [1.165, 1.54) is 12.4 Å². The molecule has 0 unspecified atom stereocenters. The maximum absolute atomic E-state index is 13.5. The van der Waals surface area contributed by atoms with Gasteiger partial charge in [-0.1, -0.05) is 18.3 Å². The van der Waals surface area contributed by atoms with Gasteiger partial charge in [0, 0.05) is 19.9 Å². The first-order chi connectivity index (χ1) is 17.6. The fourth-order valence-electron chi connectivity index (χ4n) is 4.52. The molecule has 2 fully saturated rings. The van der Waals surface area contributed by atoms with Gasteiger partial charge in [0.25, 0.3) is 6.43 Å². The lowest BCUT2D eigenvalue weighted by Crippen LogP contribution is -2.59. The Balaban J connectivity index is 1.66. The SMILES string of the molecule is CC[C@@H]1CO[C@H](COC)CN1c1cc(S(=O)(=O)NC2(C)COC2)cn2c(-c3nnc(C(F)F)s3)cnc12. The van der Waals surface area contributed by atoms with Crippen LogP contribution in [0.25, 0.3) is 16.3 Å². The van der Waals surface area contributed by atoms with E-state index in [-0.39, 0.29) is 35.3 Å². The van der Waals surface area contributed by atoms with Crippen molar-refractivity contribution in [3.05, 3.63) is 23.5 Å². The summed E-state index contributed by atoms with van der Waals surface area (Å²) in [5.74, 6) is 0. The van der Waals surface area contributed by atoms with Crippen LogP contribution >= 0.6 is 11.3 Å². The highest BCUT2D eigenvalue weighted by atomic mass is 32.2. The maximum Gasteiger partial charge on any atom is 0.291 e. The van der Waals surface area contributed by atoms with Crippen molar-refractivity contribution in [1.82, 2.24) is 24.3 Å². The zero-order valence-electron chi connectivity index (χ0n) is 20.6. The Morgan fingerprint density at radius 3 is 2.76 bits per heavy atom. The number of hydrogen-bond acceptors (Lipinski definition) is 10. The molecule has 3 aromatic rings. The molecule has 1 N–H and O–H groups in total. The highest BCUT2D eigenvalue weighted by Gasteiger charge is 2.39. The summed E-state index contributed by atoms with van der Waals surface area (Å²) in [6.07, 6.45) is 0.696. The number of halogens is 2. The molecule has 5 rings (SSSR count). The van der Waals surface area contributed by atoms with Gasteiger partial charge in [-0.05, 0) is 19.4 Å². The number of rotatable bonds is 9. The minimum absolute atomic E-state index is 0.00519. The van der Waals surface area contributed by atoms with Crippen LogP contribution in [0.4, 0.5) is 14.5 Å². The van der Waals surface area contributed by atoms with Crippen molar-refractivity contribution in [3.63, 3.8) is 0 Å². The molecular weight excluding hydrogens is 530 g/mol. The van der Waals surface area contributed by atoms with Crippen molar-refractivity contribution >= 4 is 32.7 Å². The van der Waals surface area contributed by atoms with Gasteiger partial charge < -0.3 is 19.1 Å². The molecule has 2 saturated heterocycles. The van der Waals surface area contributed by atoms with E-state index < -0.39 is 27.0 Å². The molecule has 0 radical (unpaired) electrons. The van der Waals surface area contributed by atoms with Crippen molar-refractivity contribution in [3.8, 4) is 10.7 Å². The van der Waals surface area contributed by atoms with Gasteiger partial charge in [0.1, 0.15) is 10.6 Å². The average molecular weight is 559 g/mol. The van der Waals surface area contributed by atoms with Crippen molar-refractivity contribution < 1.29 is 31.4 Å². The van der Waals surface area contributed by atoms with Gasteiger partial charge >= 0.3 is 0 Å². The van der Waals surface area contributed by atoms with E-state index in [0.717, 1.165) is 17.8 Å². The fourth-order valence-corrected chi connectivity index (χ4v) is 6.62. The normalized spacial score (nSPS) is 22.1. The summed E-state index contributed by atoms with van der Waals surface area (Å²) in [5, 5.41) is 7.28. The largest absolute Gasteiger partial charge is 0.382 e. The van der Waals surface area contributed by atoms with Gasteiger partial charge in [0.05, 0.1) is 56.0 Å². The molecule has 3 aromatic heterocycles. The first-order valence-electron chi connectivity index (χ1n) is 11.8. The van der Waals surface area contributed by atoms with Crippen LogP contribution < -0.4 is 9.62 Å². The highest BCUT2D eigenvalue weighted by Crippen LogP contribution is 2.35. The Labute approximate surface area is 216 Å². The van der Waals surface area contributed by atoms with Crippen LogP contribution in [-0.4, -0.2) is 85.8 Å². The molecule has 0 aromatic carbocycles. The van der Waals surface area contributed by atoms with E-state index in [9.17, 15) is 17.2 Å². The molecule has 202 valence electrons. The van der Waals surface area contributed by atoms with Crippen LogP contribution in [0.3, 0.4) is 0 Å². The molecule has 11 nitrogen and oxygen atoms in total. The zero-order valence-corrected chi connectivity index (χ0v) is 22.2. The first kappa shape index (κ1) is 26.3. The number of imidazole rings is 1. The monoisotopic (exact) mass is 558 g/mol. The second kappa shape index (κ2) is 10.1. The number of morpholine rings is 1. The molecule has 0 bridgehead atoms. The van der Waals surface area contributed by atoms with Gasteiger partial charge in [-0.15, -0.1) is 10.2 Å². The predicted octanol–water partition coefficient (Wildman–Crippen LogP) is 2.49. The Bertz CT molecular complexity index is 1380. The number of nitrogens with one attached hydrogen (secondary N) is 1. The lowest BCUT2D eigenvalue weighted by Gasteiger charge is -2.41. The van der Waals surface area contributed by atoms with Crippen LogP contribution in [-0.2, 0) is 24.2 Å². The molecule has 0 amide bonds. The van der Waals surface area contributed by atoms with E-state index in [4.69, 9.17) is 14.2 Å². The van der Waals surface area contributed by atoms with Crippen molar-refractivity contribution in [2.45, 2.75) is 49.3 Å². The van der Waals surface area contributed by atoms with Crippen LogP contribution in [0.2, 0.25) is 0 Å². The van der Waals surface area contributed by atoms with Crippen LogP contribution in [0.1, 0.15) is 31.7 Å². The zero-order chi connectivity index (χ0) is 26.4. The number of pyridine rings is 1. The number of hydrogen-bond donors (Lipinski definition) is 1. The van der Waals surface area contributed by atoms with E-state index >= 15 is 0 Å². The molecule has 2 atom stereocenters. The van der Waals surface area contributed by atoms with E-state index in [2.05, 4.69) is 24.8 Å². The van der Waals surface area contributed by atoms with E-state index in [1.807, 2.05) is 6.92 Å². The van der Waals surface area contributed by atoms with Gasteiger partial charge in [0.15, 0.2) is 15.7 Å². The van der Waals surface area contributed by atoms with Crippen LogP contribution in [0.15, 0.2) is 23.4 Å². The molecule has 0 aliphatic carbocycles. The second-order valence-electron chi connectivity index (χ2n) is 9.43. The summed E-state index contributed by atoms with van der Waals surface area (Å²) >= 11 is 0.738. The third-order valence-electron chi connectivity index (χ3n) is 6.44. The predicted molar refractivity (Wildman–Crippen MR) is 132 cm³/mol.